The molecule has 1 N–H and O–H groups in total. The minimum atomic E-state index is -0.245. The van der Waals surface area contributed by atoms with Gasteiger partial charge in [0.15, 0.2) is 0 Å². The third-order valence-electron chi connectivity index (χ3n) is 2.08. The number of nitrogens with one attached hydrogen (secondary N) is 1. The van der Waals surface area contributed by atoms with Crippen LogP contribution in [0.3, 0.4) is 0 Å². The summed E-state index contributed by atoms with van der Waals surface area (Å²) in [6, 6.07) is 0. The lowest BCUT2D eigenvalue weighted by Gasteiger charge is -2.27. The molecular formula is C7H12NO2+. The molecule has 0 aromatic carbocycles. The van der Waals surface area contributed by atoms with Crippen molar-refractivity contribution in [2.45, 2.75) is 18.6 Å². The highest BCUT2D eigenvalue weighted by Gasteiger charge is 2.43. The number of hydrogen-bond acceptors (Lipinski definition) is 3. The van der Waals surface area contributed by atoms with Gasteiger partial charge in [-0.2, -0.15) is 4.74 Å². The van der Waals surface area contributed by atoms with Gasteiger partial charge in [0.1, 0.15) is 0 Å². The Balaban J connectivity index is 1.98. The lowest BCUT2D eigenvalue weighted by Crippen LogP contribution is -2.42. The summed E-state index contributed by atoms with van der Waals surface area (Å²) in [4.78, 5) is 0. The molecule has 0 saturated carbocycles. The summed E-state index contributed by atoms with van der Waals surface area (Å²) < 4.78 is 10.9. The van der Waals surface area contributed by atoms with E-state index in [1.165, 1.54) is 0 Å². The van der Waals surface area contributed by atoms with Crippen LogP contribution in [0.25, 0.3) is 0 Å². The SMILES string of the molecule is [CH+]1COC2(CCNCC2)O1. The van der Waals surface area contributed by atoms with Crippen LogP contribution in [0.2, 0.25) is 0 Å². The van der Waals surface area contributed by atoms with Crippen molar-refractivity contribution >= 4 is 0 Å². The van der Waals surface area contributed by atoms with Gasteiger partial charge in [0, 0.05) is 25.9 Å². The maximum atomic E-state index is 5.46. The van der Waals surface area contributed by atoms with Crippen LogP contribution in [0.5, 0.6) is 0 Å². The second kappa shape index (κ2) is 2.42. The van der Waals surface area contributed by atoms with Crippen LogP contribution in [-0.2, 0) is 9.47 Å². The standard InChI is InChI=1S/C7H12NO2/c1-3-8-4-2-7(1)9-5-6-10-7/h5,8H,1-4,6H2/q+1. The maximum Gasteiger partial charge on any atom is 0.259 e. The van der Waals surface area contributed by atoms with E-state index in [9.17, 15) is 0 Å². The number of hydrogen-bond donors (Lipinski definition) is 1. The van der Waals surface area contributed by atoms with E-state index in [-0.39, 0.29) is 5.79 Å². The summed E-state index contributed by atoms with van der Waals surface area (Å²) in [6.45, 7) is 4.42. The van der Waals surface area contributed by atoms with Crippen LogP contribution >= 0.6 is 0 Å². The fraction of sp³-hybridized carbons (Fsp3) is 0.857. The van der Waals surface area contributed by atoms with E-state index in [2.05, 4.69) is 5.32 Å². The van der Waals surface area contributed by atoms with Crippen LogP contribution in [0.15, 0.2) is 0 Å². The maximum absolute atomic E-state index is 5.46. The Kier molecular flexibility index (Phi) is 1.56. The molecule has 2 aliphatic rings. The Labute approximate surface area is 60.7 Å². The van der Waals surface area contributed by atoms with Crippen molar-refractivity contribution < 1.29 is 9.47 Å². The van der Waals surface area contributed by atoms with Gasteiger partial charge in [0.2, 0.25) is 12.4 Å². The average molecular weight is 142 g/mol. The summed E-state index contributed by atoms with van der Waals surface area (Å²) in [7, 11) is 0. The van der Waals surface area contributed by atoms with E-state index in [1.807, 2.05) is 0 Å². The summed E-state index contributed by atoms with van der Waals surface area (Å²) >= 11 is 0. The van der Waals surface area contributed by atoms with Crippen molar-refractivity contribution in [2.75, 3.05) is 19.7 Å². The molecule has 56 valence electrons. The predicted octanol–water partition coefficient (Wildman–Crippen LogP) is 0.275. The molecule has 2 heterocycles. The third kappa shape index (κ3) is 1.00. The zero-order valence-electron chi connectivity index (χ0n) is 5.93. The molecule has 2 fully saturated rings. The molecule has 3 heteroatoms. The zero-order chi connectivity index (χ0) is 6.86. The highest BCUT2D eigenvalue weighted by Crippen LogP contribution is 2.29. The van der Waals surface area contributed by atoms with E-state index >= 15 is 0 Å². The summed E-state index contributed by atoms with van der Waals surface area (Å²) in [5, 5.41) is 3.26. The molecule has 0 aromatic heterocycles. The van der Waals surface area contributed by atoms with Crippen molar-refractivity contribution in [3.8, 4) is 0 Å². The average Bonchev–Trinajstić information content (AvgIpc) is 2.39. The quantitative estimate of drug-likeness (QED) is 0.493. The Morgan fingerprint density at radius 1 is 1.30 bits per heavy atom. The fourth-order valence-electron chi connectivity index (χ4n) is 1.48. The van der Waals surface area contributed by atoms with Crippen molar-refractivity contribution in [3.05, 3.63) is 6.61 Å². The molecule has 0 aromatic rings. The van der Waals surface area contributed by atoms with E-state index in [1.54, 1.807) is 6.61 Å². The van der Waals surface area contributed by atoms with Crippen LogP contribution in [-0.4, -0.2) is 25.5 Å². The highest BCUT2D eigenvalue weighted by atomic mass is 16.7. The first-order valence-electron chi connectivity index (χ1n) is 3.76. The first-order chi connectivity index (χ1) is 4.91. The van der Waals surface area contributed by atoms with Gasteiger partial charge in [0.25, 0.3) is 6.61 Å². The first-order valence-corrected chi connectivity index (χ1v) is 3.76. The normalized spacial score (nSPS) is 30.4. The first kappa shape index (κ1) is 6.46. The van der Waals surface area contributed by atoms with Crippen LogP contribution in [0, 0.1) is 6.61 Å². The van der Waals surface area contributed by atoms with Gasteiger partial charge >= 0.3 is 0 Å². The Hall–Kier alpha value is -0.250. The van der Waals surface area contributed by atoms with Crippen molar-refractivity contribution in [1.82, 2.24) is 5.32 Å². The lowest BCUT2D eigenvalue weighted by molar-refractivity contribution is -0.165. The van der Waals surface area contributed by atoms with Gasteiger partial charge in [-0.1, -0.05) is 0 Å². The second-order valence-corrected chi connectivity index (χ2v) is 2.76. The molecule has 2 rings (SSSR count). The van der Waals surface area contributed by atoms with Crippen LogP contribution < -0.4 is 5.32 Å². The Morgan fingerprint density at radius 3 is 2.70 bits per heavy atom. The summed E-state index contributed by atoms with van der Waals surface area (Å²) in [5.74, 6) is -0.245. The van der Waals surface area contributed by atoms with Crippen molar-refractivity contribution in [3.63, 3.8) is 0 Å². The predicted molar refractivity (Wildman–Crippen MR) is 36.2 cm³/mol. The molecular weight excluding hydrogens is 130 g/mol. The van der Waals surface area contributed by atoms with Gasteiger partial charge in [0.05, 0.1) is 0 Å². The molecule has 0 aliphatic carbocycles. The van der Waals surface area contributed by atoms with E-state index in [0.29, 0.717) is 6.61 Å². The smallest absolute Gasteiger partial charge is 0.259 e. The van der Waals surface area contributed by atoms with Crippen molar-refractivity contribution in [2.24, 2.45) is 0 Å². The Bertz CT molecular complexity index is 113. The van der Waals surface area contributed by atoms with Gasteiger partial charge in [-0.05, 0) is 0 Å². The molecule has 0 amide bonds. The topological polar surface area (TPSA) is 30.5 Å². The largest absolute Gasteiger partial charge is 0.316 e. The molecule has 1 spiro atoms. The van der Waals surface area contributed by atoms with Crippen LogP contribution in [0.1, 0.15) is 12.8 Å². The van der Waals surface area contributed by atoms with Crippen molar-refractivity contribution in [1.29, 1.82) is 0 Å². The monoisotopic (exact) mass is 142 g/mol. The molecule has 0 radical (unpaired) electrons. The number of piperidine rings is 1. The van der Waals surface area contributed by atoms with E-state index in [0.717, 1.165) is 25.9 Å². The highest BCUT2D eigenvalue weighted by molar-refractivity contribution is 4.83. The van der Waals surface area contributed by atoms with Gasteiger partial charge in [-0.25, -0.2) is 0 Å². The molecule has 2 aliphatic heterocycles. The molecule has 0 bridgehead atoms. The minimum absolute atomic E-state index is 0.245. The third-order valence-corrected chi connectivity index (χ3v) is 2.08. The molecule has 10 heavy (non-hydrogen) atoms. The van der Waals surface area contributed by atoms with Gasteiger partial charge < -0.3 is 5.32 Å². The zero-order valence-corrected chi connectivity index (χ0v) is 5.93. The Morgan fingerprint density at radius 2 is 2.10 bits per heavy atom. The van der Waals surface area contributed by atoms with Gasteiger partial charge in [-0.3, -0.25) is 4.74 Å². The molecule has 2 saturated heterocycles. The fourth-order valence-corrected chi connectivity index (χ4v) is 1.48. The number of ether oxygens (including phenoxy) is 2. The van der Waals surface area contributed by atoms with E-state index < -0.39 is 0 Å². The number of rotatable bonds is 0. The molecule has 0 unspecified atom stereocenters. The molecule has 0 atom stereocenters. The molecule has 3 nitrogen and oxygen atoms in total. The summed E-state index contributed by atoms with van der Waals surface area (Å²) in [6.07, 6.45) is 1.95. The van der Waals surface area contributed by atoms with Gasteiger partial charge in [-0.15, -0.1) is 0 Å². The van der Waals surface area contributed by atoms with E-state index in [4.69, 9.17) is 9.47 Å². The second-order valence-electron chi connectivity index (χ2n) is 2.76. The minimum Gasteiger partial charge on any atom is -0.316 e. The van der Waals surface area contributed by atoms with Crippen LogP contribution in [0.4, 0.5) is 0 Å². The lowest BCUT2D eigenvalue weighted by atomic mass is 10.1. The summed E-state index contributed by atoms with van der Waals surface area (Å²) in [5.41, 5.74) is 0.